The molecule has 1 amide bonds. The molecule has 1 N–H and O–H groups in total. The van der Waals surface area contributed by atoms with Crippen molar-refractivity contribution in [3.63, 3.8) is 0 Å². The van der Waals surface area contributed by atoms with E-state index < -0.39 is 24.3 Å². The first-order valence-electron chi connectivity index (χ1n) is 9.19. The molecule has 2 aromatic rings. The molecule has 0 aromatic heterocycles. The minimum atomic E-state index is -0.843. The van der Waals surface area contributed by atoms with Crippen molar-refractivity contribution in [1.82, 2.24) is 5.32 Å². The van der Waals surface area contributed by atoms with Crippen molar-refractivity contribution in [3.8, 4) is 0 Å². The maximum atomic E-state index is 12.8. The summed E-state index contributed by atoms with van der Waals surface area (Å²) in [6.45, 7) is 5.30. The van der Waals surface area contributed by atoms with Gasteiger partial charge in [0, 0.05) is 22.7 Å². The van der Waals surface area contributed by atoms with Gasteiger partial charge in [0.2, 0.25) is 0 Å². The first-order chi connectivity index (χ1) is 13.7. The number of carbonyl (C=O) groups is 4. The number of nitrogens with one attached hydrogen (secondary N) is 1. The van der Waals surface area contributed by atoms with Crippen molar-refractivity contribution in [1.29, 1.82) is 0 Å². The highest BCUT2D eigenvalue weighted by molar-refractivity contribution is 6.41. The highest BCUT2D eigenvalue weighted by Gasteiger charge is 2.33. The average Bonchev–Trinajstić information content (AvgIpc) is 2.70. The zero-order valence-electron chi connectivity index (χ0n) is 16.2. The summed E-state index contributed by atoms with van der Waals surface area (Å²) in [6, 6.07) is 9.08. The van der Waals surface area contributed by atoms with Gasteiger partial charge in [0.05, 0.1) is 16.1 Å². The summed E-state index contributed by atoms with van der Waals surface area (Å²) in [7, 11) is 0. The molecule has 0 spiro atoms. The third kappa shape index (κ3) is 3.93. The van der Waals surface area contributed by atoms with Crippen molar-refractivity contribution >= 4 is 35.0 Å². The van der Waals surface area contributed by atoms with Gasteiger partial charge in [-0.15, -0.1) is 0 Å². The number of fused-ring (bicyclic) bond motifs is 2. The second-order valence-electron chi connectivity index (χ2n) is 7.23. The van der Waals surface area contributed by atoms with E-state index in [-0.39, 0.29) is 45.0 Å². The number of hydrogen-bond donors (Lipinski definition) is 1. The van der Waals surface area contributed by atoms with E-state index in [0.717, 1.165) is 0 Å². The van der Waals surface area contributed by atoms with Crippen molar-refractivity contribution < 1.29 is 23.9 Å². The molecule has 1 atom stereocenters. The van der Waals surface area contributed by atoms with Crippen molar-refractivity contribution in [2.24, 2.45) is 5.92 Å². The van der Waals surface area contributed by atoms with E-state index in [1.54, 1.807) is 24.3 Å². The number of rotatable bonds is 5. The molecule has 3 rings (SSSR count). The number of halogens is 1. The van der Waals surface area contributed by atoms with Gasteiger partial charge in [-0.05, 0) is 25.0 Å². The maximum absolute atomic E-state index is 12.8. The van der Waals surface area contributed by atoms with E-state index in [4.69, 9.17) is 16.3 Å². The van der Waals surface area contributed by atoms with Gasteiger partial charge in [-0.3, -0.25) is 14.4 Å². The molecule has 1 aliphatic carbocycles. The van der Waals surface area contributed by atoms with Gasteiger partial charge in [-0.2, -0.15) is 0 Å². The van der Waals surface area contributed by atoms with E-state index in [2.05, 4.69) is 5.32 Å². The van der Waals surface area contributed by atoms with E-state index in [9.17, 15) is 19.2 Å². The van der Waals surface area contributed by atoms with E-state index in [0.29, 0.717) is 5.56 Å². The van der Waals surface area contributed by atoms with Gasteiger partial charge < -0.3 is 10.1 Å². The Morgan fingerprint density at radius 3 is 2.21 bits per heavy atom. The van der Waals surface area contributed by atoms with Crippen LogP contribution in [0.25, 0.3) is 0 Å². The molecular weight excluding hydrogens is 394 g/mol. The molecule has 2 aromatic carbocycles. The highest BCUT2D eigenvalue weighted by Crippen LogP contribution is 2.34. The van der Waals surface area contributed by atoms with Crippen LogP contribution in [-0.4, -0.2) is 36.1 Å². The molecule has 150 valence electrons. The number of hydrogen-bond acceptors (Lipinski definition) is 5. The number of carbonyl (C=O) groups excluding carboxylic acids is 4. The Morgan fingerprint density at radius 2 is 1.59 bits per heavy atom. The maximum Gasteiger partial charge on any atom is 0.340 e. The Bertz CT molecular complexity index is 1030. The van der Waals surface area contributed by atoms with Gasteiger partial charge in [0.15, 0.2) is 18.2 Å². The molecule has 0 heterocycles. The first kappa shape index (κ1) is 20.7. The van der Waals surface area contributed by atoms with E-state index in [1.807, 2.05) is 20.8 Å². The zero-order valence-corrected chi connectivity index (χ0v) is 17.0. The molecule has 0 saturated heterocycles. The molecule has 0 radical (unpaired) electrons. The second kappa shape index (κ2) is 8.17. The summed E-state index contributed by atoms with van der Waals surface area (Å²) in [6.07, 6.45) is 0. The molecule has 7 heteroatoms. The van der Waals surface area contributed by atoms with Crippen LogP contribution < -0.4 is 5.32 Å². The summed E-state index contributed by atoms with van der Waals surface area (Å²) in [5, 5.41) is 2.57. The van der Waals surface area contributed by atoms with Crippen LogP contribution >= 0.6 is 11.6 Å². The molecule has 0 bridgehead atoms. The third-order valence-electron chi connectivity index (χ3n) is 4.97. The molecule has 6 nitrogen and oxygen atoms in total. The Hall–Kier alpha value is -2.99. The number of benzene rings is 2. The predicted octanol–water partition coefficient (Wildman–Crippen LogP) is 3.43. The number of ether oxygens (including phenoxy) is 1. The van der Waals surface area contributed by atoms with Crippen molar-refractivity contribution in [2.75, 3.05) is 6.61 Å². The Kier molecular flexibility index (Phi) is 5.84. The smallest absolute Gasteiger partial charge is 0.340 e. The Balaban J connectivity index is 1.82. The molecule has 0 unspecified atom stereocenters. The fourth-order valence-electron chi connectivity index (χ4n) is 2.97. The summed E-state index contributed by atoms with van der Waals surface area (Å²) in [4.78, 5) is 49.9. The molecule has 0 fully saturated rings. The molecule has 0 saturated carbocycles. The summed E-state index contributed by atoms with van der Waals surface area (Å²) in [5.41, 5.74) is 0.573. The lowest BCUT2D eigenvalue weighted by Gasteiger charge is -2.20. The van der Waals surface area contributed by atoms with Crippen molar-refractivity contribution in [3.05, 3.63) is 69.2 Å². The minimum absolute atomic E-state index is 0.0253. The van der Waals surface area contributed by atoms with Crippen LogP contribution in [0.5, 0.6) is 0 Å². The van der Waals surface area contributed by atoms with Gasteiger partial charge in [-0.1, -0.05) is 49.7 Å². The average molecular weight is 414 g/mol. The fraction of sp³-hybridized carbons (Fsp3) is 0.273. The van der Waals surface area contributed by atoms with Crippen LogP contribution in [0.2, 0.25) is 5.02 Å². The molecular formula is C22H20ClNO5. The summed E-state index contributed by atoms with van der Waals surface area (Å²) < 4.78 is 5.04. The Morgan fingerprint density at radius 1 is 0.966 bits per heavy atom. The van der Waals surface area contributed by atoms with Crippen LogP contribution in [0.15, 0.2) is 36.4 Å². The van der Waals surface area contributed by atoms with Crippen LogP contribution in [0.1, 0.15) is 63.0 Å². The SMILES string of the molecule is CC(C)[C@@H](C)NC(=O)COC(=O)c1ccc2c(c1Cl)C(=O)c1ccccc1C2=O. The third-order valence-corrected chi connectivity index (χ3v) is 5.37. The monoisotopic (exact) mass is 413 g/mol. The zero-order chi connectivity index (χ0) is 21.3. The number of amides is 1. The summed E-state index contributed by atoms with van der Waals surface area (Å²) in [5.74, 6) is -1.81. The minimum Gasteiger partial charge on any atom is -0.452 e. The van der Waals surface area contributed by atoms with E-state index >= 15 is 0 Å². The highest BCUT2D eigenvalue weighted by atomic mass is 35.5. The van der Waals surface area contributed by atoms with Crippen molar-refractivity contribution in [2.45, 2.75) is 26.8 Å². The van der Waals surface area contributed by atoms with Crippen LogP contribution in [-0.2, 0) is 9.53 Å². The number of ketones is 2. The van der Waals surface area contributed by atoms with Gasteiger partial charge in [0.1, 0.15) is 0 Å². The van der Waals surface area contributed by atoms with Crippen LogP contribution in [0.3, 0.4) is 0 Å². The second-order valence-corrected chi connectivity index (χ2v) is 7.61. The first-order valence-corrected chi connectivity index (χ1v) is 9.57. The molecule has 1 aliphatic rings. The largest absolute Gasteiger partial charge is 0.452 e. The number of esters is 1. The van der Waals surface area contributed by atoms with Gasteiger partial charge in [0.25, 0.3) is 5.91 Å². The predicted molar refractivity (Wildman–Crippen MR) is 107 cm³/mol. The topological polar surface area (TPSA) is 89.5 Å². The van der Waals surface area contributed by atoms with Crippen LogP contribution in [0, 0.1) is 5.92 Å². The molecule has 0 aliphatic heterocycles. The normalized spacial score (nSPS) is 13.6. The fourth-order valence-corrected chi connectivity index (χ4v) is 3.30. The lowest BCUT2D eigenvalue weighted by Crippen LogP contribution is -2.38. The summed E-state index contributed by atoms with van der Waals surface area (Å²) >= 11 is 6.32. The molecule has 29 heavy (non-hydrogen) atoms. The standard InChI is InChI=1S/C22H20ClNO5/c1-11(2)12(3)24-17(25)10-29-22(28)16-9-8-15-18(19(16)23)21(27)14-7-5-4-6-13(14)20(15)26/h4-9,11-12H,10H2,1-3H3,(H,24,25)/t12-/m1/s1. The lowest BCUT2D eigenvalue weighted by atomic mass is 9.83. The van der Waals surface area contributed by atoms with Gasteiger partial charge >= 0.3 is 5.97 Å². The van der Waals surface area contributed by atoms with Crippen LogP contribution in [0.4, 0.5) is 0 Å². The van der Waals surface area contributed by atoms with Gasteiger partial charge in [-0.25, -0.2) is 4.79 Å². The lowest BCUT2D eigenvalue weighted by molar-refractivity contribution is -0.125. The Labute approximate surface area is 173 Å². The quantitative estimate of drug-likeness (QED) is 0.647. The van der Waals surface area contributed by atoms with E-state index in [1.165, 1.54) is 12.1 Å².